The van der Waals surface area contributed by atoms with Crippen molar-refractivity contribution in [1.29, 1.82) is 0 Å². The molecule has 5 heteroatoms. The van der Waals surface area contributed by atoms with Crippen molar-refractivity contribution in [2.45, 2.75) is 12.5 Å². The Morgan fingerprint density at radius 3 is 2.88 bits per heavy atom. The molecule has 0 radical (unpaired) electrons. The first-order valence-electron chi connectivity index (χ1n) is 5.12. The van der Waals surface area contributed by atoms with Crippen LogP contribution < -0.4 is 5.73 Å². The normalized spacial score (nSPS) is 20.1. The Morgan fingerprint density at radius 2 is 2.31 bits per heavy atom. The van der Waals surface area contributed by atoms with Gasteiger partial charge in [0.15, 0.2) is 0 Å². The summed E-state index contributed by atoms with van der Waals surface area (Å²) in [6, 6.07) is 3.75. The molecule has 86 valence electrons. The molecule has 0 spiro atoms. The second-order valence-electron chi connectivity index (χ2n) is 3.93. The van der Waals surface area contributed by atoms with Crippen LogP contribution in [0.15, 0.2) is 18.2 Å². The zero-order chi connectivity index (χ0) is 11.7. The molecule has 0 saturated carbocycles. The first kappa shape index (κ1) is 10.9. The van der Waals surface area contributed by atoms with E-state index >= 15 is 0 Å². The Bertz CT molecular complexity index is 402. The highest BCUT2D eigenvalue weighted by Gasteiger charge is 2.28. The van der Waals surface area contributed by atoms with Crippen LogP contribution in [0.4, 0.5) is 4.39 Å². The van der Waals surface area contributed by atoms with Gasteiger partial charge in [-0.3, -0.25) is 4.79 Å². The van der Waals surface area contributed by atoms with Gasteiger partial charge in [0, 0.05) is 19.1 Å². The molecular formula is C11H13FN2O2. The number of benzene rings is 1. The van der Waals surface area contributed by atoms with Crippen molar-refractivity contribution < 1.29 is 14.3 Å². The third-order valence-electron chi connectivity index (χ3n) is 2.72. The van der Waals surface area contributed by atoms with Gasteiger partial charge in [-0.2, -0.15) is 0 Å². The molecule has 1 aromatic carbocycles. The summed E-state index contributed by atoms with van der Waals surface area (Å²) >= 11 is 0. The lowest BCUT2D eigenvalue weighted by atomic mass is 10.1. The van der Waals surface area contributed by atoms with Crippen molar-refractivity contribution in [2.24, 2.45) is 5.73 Å². The van der Waals surface area contributed by atoms with E-state index in [9.17, 15) is 14.3 Å². The first-order valence-corrected chi connectivity index (χ1v) is 5.12. The van der Waals surface area contributed by atoms with Crippen LogP contribution in [-0.4, -0.2) is 35.0 Å². The van der Waals surface area contributed by atoms with Crippen molar-refractivity contribution in [3.63, 3.8) is 0 Å². The minimum absolute atomic E-state index is 0.0575. The molecule has 1 saturated heterocycles. The van der Waals surface area contributed by atoms with Gasteiger partial charge < -0.3 is 15.7 Å². The van der Waals surface area contributed by atoms with Gasteiger partial charge in [0.2, 0.25) is 0 Å². The topological polar surface area (TPSA) is 66.6 Å². The minimum Gasteiger partial charge on any atom is -0.507 e. The van der Waals surface area contributed by atoms with Crippen molar-refractivity contribution in [3.8, 4) is 5.75 Å². The molecule has 0 bridgehead atoms. The van der Waals surface area contributed by atoms with E-state index in [4.69, 9.17) is 5.73 Å². The number of hydrogen-bond acceptors (Lipinski definition) is 3. The number of likely N-dealkylation sites (tertiary alicyclic amines) is 1. The molecule has 0 unspecified atom stereocenters. The quantitative estimate of drug-likeness (QED) is 0.738. The van der Waals surface area contributed by atoms with Crippen molar-refractivity contribution in [1.82, 2.24) is 4.90 Å². The molecule has 4 nitrogen and oxygen atoms in total. The van der Waals surface area contributed by atoms with Gasteiger partial charge in [0.05, 0.1) is 0 Å². The van der Waals surface area contributed by atoms with Crippen LogP contribution in [0.25, 0.3) is 0 Å². The summed E-state index contributed by atoms with van der Waals surface area (Å²) in [5, 5.41) is 9.47. The number of phenolic OH excluding ortho intramolecular Hbond substituents is 1. The molecule has 1 amide bonds. The Balaban J connectivity index is 2.27. The number of carbonyl (C=O) groups excluding carboxylic acids is 1. The maximum absolute atomic E-state index is 13.4. The molecule has 1 fully saturated rings. The lowest BCUT2D eigenvalue weighted by molar-refractivity contribution is 0.0783. The van der Waals surface area contributed by atoms with Gasteiger partial charge in [-0.05, 0) is 18.6 Å². The lowest BCUT2D eigenvalue weighted by Crippen LogP contribution is -2.32. The fourth-order valence-corrected chi connectivity index (χ4v) is 1.85. The maximum Gasteiger partial charge on any atom is 0.260 e. The summed E-state index contributed by atoms with van der Waals surface area (Å²) in [6.07, 6.45) is 0.709. The number of nitrogens with zero attached hydrogens (tertiary/aromatic N) is 1. The van der Waals surface area contributed by atoms with Gasteiger partial charge in [-0.1, -0.05) is 6.07 Å². The molecule has 2 rings (SSSR count). The summed E-state index contributed by atoms with van der Waals surface area (Å²) in [5.74, 6) is -1.53. The van der Waals surface area contributed by atoms with Crippen LogP contribution in [0.5, 0.6) is 5.75 Å². The minimum atomic E-state index is -0.703. The second kappa shape index (κ2) is 4.09. The summed E-state index contributed by atoms with van der Waals surface area (Å²) < 4.78 is 13.4. The van der Waals surface area contributed by atoms with Crippen molar-refractivity contribution in [2.75, 3.05) is 13.1 Å². The molecule has 1 aliphatic rings. The molecule has 1 atom stereocenters. The van der Waals surface area contributed by atoms with Crippen LogP contribution in [0.1, 0.15) is 16.8 Å². The Hall–Kier alpha value is -1.62. The van der Waals surface area contributed by atoms with E-state index < -0.39 is 11.7 Å². The Kier molecular flexibility index (Phi) is 2.78. The predicted molar refractivity (Wildman–Crippen MR) is 56.6 cm³/mol. The van der Waals surface area contributed by atoms with Gasteiger partial charge in [0.1, 0.15) is 17.1 Å². The third kappa shape index (κ3) is 1.86. The van der Waals surface area contributed by atoms with Crippen LogP contribution in [0.3, 0.4) is 0 Å². The number of carbonyl (C=O) groups is 1. The predicted octanol–water partition coefficient (Wildman–Crippen LogP) is 0.704. The average molecular weight is 224 g/mol. The van der Waals surface area contributed by atoms with E-state index in [1.807, 2.05) is 0 Å². The standard InChI is InChI=1S/C11H13FN2O2/c12-8-2-1-3-9(15)10(8)11(16)14-5-4-7(13)6-14/h1-3,7,15H,4-6,13H2/t7-/m0/s1. The maximum atomic E-state index is 13.4. The second-order valence-corrected chi connectivity index (χ2v) is 3.93. The summed E-state index contributed by atoms with van der Waals surface area (Å²) in [6.45, 7) is 0.917. The Morgan fingerprint density at radius 1 is 1.56 bits per heavy atom. The zero-order valence-electron chi connectivity index (χ0n) is 8.69. The van der Waals surface area contributed by atoms with E-state index in [1.165, 1.54) is 17.0 Å². The van der Waals surface area contributed by atoms with Crippen LogP contribution in [0, 0.1) is 5.82 Å². The fourth-order valence-electron chi connectivity index (χ4n) is 1.85. The smallest absolute Gasteiger partial charge is 0.260 e. The van der Waals surface area contributed by atoms with E-state index in [-0.39, 0.29) is 17.4 Å². The van der Waals surface area contributed by atoms with E-state index in [0.717, 1.165) is 6.07 Å². The largest absolute Gasteiger partial charge is 0.507 e. The number of phenols is 1. The van der Waals surface area contributed by atoms with Gasteiger partial charge >= 0.3 is 0 Å². The summed E-state index contributed by atoms with van der Waals surface area (Å²) in [5.41, 5.74) is 5.40. The molecule has 1 aromatic rings. The van der Waals surface area contributed by atoms with Crippen molar-refractivity contribution in [3.05, 3.63) is 29.6 Å². The number of halogens is 1. The van der Waals surface area contributed by atoms with Crippen molar-refractivity contribution >= 4 is 5.91 Å². The number of hydrogen-bond donors (Lipinski definition) is 2. The third-order valence-corrected chi connectivity index (χ3v) is 2.72. The number of rotatable bonds is 1. The molecule has 1 heterocycles. The van der Waals surface area contributed by atoms with E-state index in [0.29, 0.717) is 19.5 Å². The molecule has 0 aliphatic carbocycles. The molecule has 1 aliphatic heterocycles. The van der Waals surface area contributed by atoms with E-state index in [1.54, 1.807) is 0 Å². The highest BCUT2D eigenvalue weighted by molar-refractivity contribution is 5.97. The van der Waals surface area contributed by atoms with Gasteiger partial charge in [-0.25, -0.2) is 4.39 Å². The molecular weight excluding hydrogens is 211 g/mol. The number of nitrogens with two attached hydrogens (primary N) is 1. The first-order chi connectivity index (χ1) is 7.59. The van der Waals surface area contributed by atoms with Crippen LogP contribution in [-0.2, 0) is 0 Å². The zero-order valence-corrected chi connectivity index (χ0v) is 8.69. The van der Waals surface area contributed by atoms with Gasteiger partial charge in [0.25, 0.3) is 5.91 Å². The lowest BCUT2D eigenvalue weighted by Gasteiger charge is -2.16. The molecule has 0 aromatic heterocycles. The van der Waals surface area contributed by atoms with Crippen LogP contribution >= 0.6 is 0 Å². The summed E-state index contributed by atoms with van der Waals surface area (Å²) in [4.78, 5) is 13.4. The number of aromatic hydroxyl groups is 1. The summed E-state index contributed by atoms with van der Waals surface area (Å²) in [7, 11) is 0. The van der Waals surface area contributed by atoms with Gasteiger partial charge in [-0.15, -0.1) is 0 Å². The number of amides is 1. The fraction of sp³-hybridized carbons (Fsp3) is 0.364. The van der Waals surface area contributed by atoms with Crippen LogP contribution in [0.2, 0.25) is 0 Å². The van der Waals surface area contributed by atoms with E-state index in [2.05, 4.69) is 0 Å². The average Bonchev–Trinajstić information content (AvgIpc) is 2.64. The highest BCUT2D eigenvalue weighted by Crippen LogP contribution is 2.23. The Labute approximate surface area is 92.5 Å². The SMILES string of the molecule is N[C@H]1CCN(C(=O)c2c(O)cccc2F)C1. The molecule has 3 N–H and O–H groups in total. The molecule has 16 heavy (non-hydrogen) atoms. The highest BCUT2D eigenvalue weighted by atomic mass is 19.1. The monoisotopic (exact) mass is 224 g/mol.